The lowest BCUT2D eigenvalue weighted by molar-refractivity contribution is 0.0511. The first-order valence-corrected chi connectivity index (χ1v) is 15.4. The molecule has 0 saturated heterocycles. The normalized spacial score (nSPS) is 19.5. The molecule has 2 aliphatic rings. The highest BCUT2D eigenvalue weighted by atomic mass is 16.5. The summed E-state index contributed by atoms with van der Waals surface area (Å²) in [7, 11) is 0. The second-order valence-electron chi connectivity index (χ2n) is 11.3. The fraction of sp³-hybridized carbons (Fsp3) is 0.667. The topological polar surface area (TPSA) is 148 Å². The van der Waals surface area contributed by atoms with E-state index >= 15 is 0 Å². The van der Waals surface area contributed by atoms with Crippen LogP contribution >= 0.6 is 0 Å². The number of carbonyl (C=O) groups excluding carboxylic acids is 1. The number of ether oxygens (including phenoxy) is 2. The van der Waals surface area contributed by atoms with Crippen LogP contribution < -0.4 is 27.0 Å². The summed E-state index contributed by atoms with van der Waals surface area (Å²) in [6, 6.07) is 7.69. The molecule has 226 valence electrons. The van der Waals surface area contributed by atoms with Gasteiger partial charge in [-0.15, -0.1) is 0 Å². The van der Waals surface area contributed by atoms with E-state index in [1.165, 1.54) is 44.9 Å². The van der Waals surface area contributed by atoms with E-state index in [9.17, 15) is 4.79 Å². The maximum atomic E-state index is 12.7. The summed E-state index contributed by atoms with van der Waals surface area (Å²) < 4.78 is 10.8. The van der Waals surface area contributed by atoms with Crippen LogP contribution in [-0.2, 0) is 9.47 Å². The van der Waals surface area contributed by atoms with E-state index in [0.29, 0.717) is 74.9 Å². The van der Waals surface area contributed by atoms with Gasteiger partial charge in [0, 0.05) is 36.9 Å². The smallest absolute Gasteiger partial charge is 0.251 e. The molecule has 4 rings (SSSR count). The van der Waals surface area contributed by atoms with Crippen LogP contribution in [0.4, 0.5) is 23.5 Å². The number of hydrogen-bond acceptors (Lipinski definition) is 10. The second-order valence-corrected chi connectivity index (χ2v) is 11.3. The van der Waals surface area contributed by atoms with Gasteiger partial charge in [-0.25, -0.2) is 0 Å². The molecule has 11 heteroatoms. The highest BCUT2D eigenvalue weighted by molar-refractivity contribution is 5.95. The molecule has 0 aliphatic heterocycles. The van der Waals surface area contributed by atoms with Crippen molar-refractivity contribution in [2.24, 2.45) is 17.6 Å². The van der Waals surface area contributed by atoms with Crippen LogP contribution in [0.2, 0.25) is 0 Å². The Kier molecular flexibility index (Phi) is 12.9. The van der Waals surface area contributed by atoms with Gasteiger partial charge in [-0.05, 0) is 55.7 Å². The van der Waals surface area contributed by atoms with Crippen LogP contribution in [0.3, 0.4) is 0 Å². The van der Waals surface area contributed by atoms with Gasteiger partial charge in [0.2, 0.25) is 17.8 Å². The Labute approximate surface area is 244 Å². The average molecular weight is 569 g/mol. The molecule has 0 atom stereocenters. The minimum absolute atomic E-state index is 0.170. The summed E-state index contributed by atoms with van der Waals surface area (Å²) in [5.74, 6) is 2.89. The summed E-state index contributed by atoms with van der Waals surface area (Å²) in [5.41, 5.74) is 6.66. The van der Waals surface area contributed by atoms with E-state index in [0.717, 1.165) is 31.0 Å². The Hall–Kier alpha value is -3.02. The SMILES string of the molecule is CC1CCC(CNc2nc(Nc3cccc(C(=O)NCCOCCOCCN)c3)nc(NC3CCCCC3)n2)CC1. The molecule has 0 spiro atoms. The van der Waals surface area contributed by atoms with Crippen LogP contribution in [0.5, 0.6) is 0 Å². The number of rotatable bonds is 16. The third-order valence-corrected chi connectivity index (χ3v) is 7.81. The zero-order valence-corrected chi connectivity index (χ0v) is 24.5. The van der Waals surface area contributed by atoms with Gasteiger partial charge in [0.1, 0.15) is 0 Å². The van der Waals surface area contributed by atoms with Gasteiger partial charge in [-0.2, -0.15) is 15.0 Å². The molecule has 41 heavy (non-hydrogen) atoms. The first-order valence-electron chi connectivity index (χ1n) is 15.4. The van der Waals surface area contributed by atoms with Crippen molar-refractivity contribution in [1.29, 1.82) is 0 Å². The second kappa shape index (κ2) is 17.1. The van der Waals surface area contributed by atoms with E-state index in [1.807, 2.05) is 12.1 Å². The molecule has 6 N–H and O–H groups in total. The largest absolute Gasteiger partial charge is 0.378 e. The standard InChI is InChI=1S/C30H48N8O3/c1-22-10-12-23(13-11-22)21-33-28-36-29(34-25-7-3-2-4-8-25)38-30(37-28)35-26-9-5-6-24(20-26)27(39)32-15-17-41-19-18-40-16-14-31/h5-6,9,20,22-23,25H,2-4,7-8,10-19,21,31H2,1H3,(H,32,39)(H3,33,34,35,36,37,38). The maximum absolute atomic E-state index is 12.7. The number of amides is 1. The first kappa shape index (κ1) is 30.9. The number of anilines is 4. The fourth-order valence-electron chi connectivity index (χ4n) is 5.39. The molecule has 2 aromatic rings. The molecule has 1 aromatic heterocycles. The van der Waals surface area contributed by atoms with Crippen LogP contribution in [0.15, 0.2) is 24.3 Å². The van der Waals surface area contributed by atoms with E-state index in [1.54, 1.807) is 12.1 Å². The van der Waals surface area contributed by atoms with Crippen molar-refractivity contribution in [2.45, 2.75) is 70.8 Å². The zero-order chi connectivity index (χ0) is 28.7. The van der Waals surface area contributed by atoms with Gasteiger partial charge in [-0.1, -0.05) is 45.1 Å². The van der Waals surface area contributed by atoms with Crippen LogP contribution in [-0.4, -0.2) is 73.0 Å². The third-order valence-electron chi connectivity index (χ3n) is 7.81. The monoisotopic (exact) mass is 568 g/mol. The van der Waals surface area contributed by atoms with Crippen molar-refractivity contribution < 1.29 is 14.3 Å². The molecule has 11 nitrogen and oxygen atoms in total. The van der Waals surface area contributed by atoms with Crippen LogP contribution in [0.25, 0.3) is 0 Å². The Balaban J connectivity index is 1.35. The lowest BCUT2D eigenvalue weighted by atomic mass is 9.83. The average Bonchev–Trinajstić information content (AvgIpc) is 2.99. The number of aromatic nitrogens is 3. The lowest BCUT2D eigenvalue weighted by Gasteiger charge is -2.26. The van der Waals surface area contributed by atoms with Crippen molar-refractivity contribution in [2.75, 3.05) is 62.0 Å². The Morgan fingerprint density at radius 3 is 2.41 bits per heavy atom. The summed E-state index contributed by atoms with van der Waals surface area (Å²) in [4.78, 5) is 26.8. The molecule has 1 aromatic carbocycles. The summed E-state index contributed by atoms with van der Waals surface area (Å²) >= 11 is 0. The lowest BCUT2D eigenvalue weighted by Crippen LogP contribution is -2.27. The van der Waals surface area contributed by atoms with Crippen molar-refractivity contribution in [1.82, 2.24) is 20.3 Å². The number of carbonyl (C=O) groups is 1. The summed E-state index contributed by atoms with van der Waals surface area (Å²) in [5, 5.41) is 13.2. The molecule has 1 heterocycles. The Morgan fingerprint density at radius 1 is 0.902 bits per heavy atom. The minimum Gasteiger partial charge on any atom is -0.378 e. The molecule has 2 fully saturated rings. The first-order chi connectivity index (χ1) is 20.1. The van der Waals surface area contributed by atoms with Gasteiger partial charge < -0.3 is 36.5 Å². The van der Waals surface area contributed by atoms with E-state index in [4.69, 9.17) is 20.2 Å². The van der Waals surface area contributed by atoms with Crippen molar-refractivity contribution in [3.8, 4) is 0 Å². The number of hydrogen-bond donors (Lipinski definition) is 5. The molecule has 0 bridgehead atoms. The molecular formula is C30H48N8O3. The van der Waals surface area contributed by atoms with Crippen molar-refractivity contribution in [3.05, 3.63) is 29.8 Å². The van der Waals surface area contributed by atoms with Crippen molar-refractivity contribution >= 4 is 29.4 Å². The quantitative estimate of drug-likeness (QED) is 0.185. The van der Waals surface area contributed by atoms with Gasteiger partial charge in [0.15, 0.2) is 0 Å². The molecular weight excluding hydrogens is 520 g/mol. The molecule has 2 aliphatic carbocycles. The van der Waals surface area contributed by atoms with Gasteiger partial charge in [0.25, 0.3) is 5.91 Å². The Morgan fingerprint density at radius 2 is 1.63 bits per heavy atom. The summed E-state index contributed by atoms with van der Waals surface area (Å²) in [6.07, 6.45) is 11.0. The Bertz CT molecular complexity index is 1060. The van der Waals surface area contributed by atoms with Crippen molar-refractivity contribution in [3.63, 3.8) is 0 Å². The van der Waals surface area contributed by atoms with Gasteiger partial charge in [-0.3, -0.25) is 4.79 Å². The predicted octanol–water partition coefficient (Wildman–Crippen LogP) is 4.32. The number of benzene rings is 1. The van der Waals surface area contributed by atoms with E-state index < -0.39 is 0 Å². The highest BCUT2D eigenvalue weighted by Gasteiger charge is 2.20. The third kappa shape index (κ3) is 11.1. The van der Waals surface area contributed by atoms with E-state index in [-0.39, 0.29) is 5.91 Å². The molecule has 0 unspecified atom stereocenters. The van der Waals surface area contributed by atoms with Crippen LogP contribution in [0.1, 0.15) is 75.1 Å². The van der Waals surface area contributed by atoms with Gasteiger partial charge in [0.05, 0.1) is 26.4 Å². The molecule has 2 saturated carbocycles. The fourth-order valence-corrected chi connectivity index (χ4v) is 5.39. The number of nitrogens with zero attached hydrogens (tertiary/aromatic N) is 3. The zero-order valence-electron chi connectivity index (χ0n) is 24.5. The molecule has 1 amide bonds. The minimum atomic E-state index is -0.170. The highest BCUT2D eigenvalue weighted by Crippen LogP contribution is 2.28. The van der Waals surface area contributed by atoms with Gasteiger partial charge >= 0.3 is 0 Å². The molecule has 0 radical (unpaired) electrons. The number of nitrogens with two attached hydrogens (primary N) is 1. The van der Waals surface area contributed by atoms with E-state index in [2.05, 4.69) is 38.2 Å². The maximum Gasteiger partial charge on any atom is 0.251 e. The summed E-state index contributed by atoms with van der Waals surface area (Å²) in [6.45, 7) is 5.99. The predicted molar refractivity (Wildman–Crippen MR) is 163 cm³/mol. The van der Waals surface area contributed by atoms with Crippen LogP contribution in [0, 0.1) is 11.8 Å². The number of nitrogens with one attached hydrogen (secondary N) is 4.